The van der Waals surface area contributed by atoms with Crippen LogP contribution >= 0.6 is 12.4 Å². The standard InChI is InChI=1S/C18H25NO7.ClH/c1-18(2,3)26-17(22)12-25-15-7-5-4-6-14(15)24-11-16(21)23-9-8-13(20)10-19;/h4-7H,8-12,19H2,1-3H3;1H. The van der Waals surface area contributed by atoms with E-state index in [0.717, 1.165) is 0 Å². The second-order valence-electron chi connectivity index (χ2n) is 6.32. The Morgan fingerprint density at radius 2 is 1.48 bits per heavy atom. The van der Waals surface area contributed by atoms with Crippen molar-refractivity contribution in [2.75, 3.05) is 26.4 Å². The Morgan fingerprint density at radius 3 is 1.96 bits per heavy atom. The lowest BCUT2D eigenvalue weighted by atomic mass is 10.2. The molecule has 0 amide bonds. The van der Waals surface area contributed by atoms with Crippen LogP contribution in [0.15, 0.2) is 24.3 Å². The van der Waals surface area contributed by atoms with Crippen molar-refractivity contribution in [1.82, 2.24) is 0 Å². The van der Waals surface area contributed by atoms with Crippen LogP contribution in [0.4, 0.5) is 0 Å². The molecule has 1 aromatic rings. The number of Topliss-reactive ketones (excluding diaryl/α,β-unsaturated/α-hetero) is 1. The molecule has 0 aliphatic rings. The molecular formula is C18H26ClNO7. The van der Waals surface area contributed by atoms with Gasteiger partial charge in [0.2, 0.25) is 0 Å². The Kier molecular flexibility index (Phi) is 11.1. The van der Waals surface area contributed by atoms with Crippen LogP contribution in [0.2, 0.25) is 0 Å². The number of hydrogen-bond acceptors (Lipinski definition) is 8. The number of ether oxygens (including phenoxy) is 4. The van der Waals surface area contributed by atoms with Gasteiger partial charge in [0.05, 0.1) is 13.2 Å². The molecule has 8 nitrogen and oxygen atoms in total. The Bertz CT molecular complexity index is 628. The number of nitrogens with two attached hydrogens (primary N) is 1. The Balaban J connectivity index is 0.00000676. The molecule has 0 atom stereocenters. The van der Waals surface area contributed by atoms with Gasteiger partial charge in [-0.3, -0.25) is 4.79 Å². The highest BCUT2D eigenvalue weighted by Gasteiger charge is 2.17. The average molecular weight is 404 g/mol. The highest BCUT2D eigenvalue weighted by Crippen LogP contribution is 2.26. The molecule has 0 saturated heterocycles. The monoisotopic (exact) mass is 403 g/mol. The summed E-state index contributed by atoms with van der Waals surface area (Å²) in [5.74, 6) is -0.761. The molecule has 0 saturated carbocycles. The largest absolute Gasteiger partial charge is 0.478 e. The minimum atomic E-state index is -0.628. The van der Waals surface area contributed by atoms with Crippen LogP contribution in [0.25, 0.3) is 0 Å². The van der Waals surface area contributed by atoms with Crippen molar-refractivity contribution >= 4 is 30.1 Å². The van der Waals surface area contributed by atoms with E-state index in [1.807, 2.05) is 0 Å². The quantitative estimate of drug-likeness (QED) is 0.587. The molecule has 0 bridgehead atoms. The van der Waals surface area contributed by atoms with Gasteiger partial charge < -0.3 is 24.7 Å². The van der Waals surface area contributed by atoms with Gasteiger partial charge in [-0.1, -0.05) is 12.1 Å². The van der Waals surface area contributed by atoms with E-state index in [0.29, 0.717) is 5.75 Å². The van der Waals surface area contributed by atoms with Gasteiger partial charge in [-0.2, -0.15) is 0 Å². The number of hydrogen-bond donors (Lipinski definition) is 1. The average Bonchev–Trinajstić information content (AvgIpc) is 2.57. The van der Waals surface area contributed by atoms with Gasteiger partial charge in [0.15, 0.2) is 24.7 Å². The normalized spacial score (nSPS) is 10.4. The van der Waals surface area contributed by atoms with Crippen molar-refractivity contribution in [2.45, 2.75) is 32.8 Å². The summed E-state index contributed by atoms with van der Waals surface area (Å²) in [7, 11) is 0. The predicted octanol–water partition coefficient (Wildman–Crippen LogP) is 1.67. The molecule has 1 rings (SSSR count). The van der Waals surface area contributed by atoms with Gasteiger partial charge in [0.1, 0.15) is 11.4 Å². The molecule has 0 heterocycles. The maximum Gasteiger partial charge on any atom is 0.344 e. The lowest BCUT2D eigenvalue weighted by Gasteiger charge is -2.19. The Labute approximate surface area is 164 Å². The summed E-state index contributed by atoms with van der Waals surface area (Å²) in [6.07, 6.45) is 0.0673. The maximum atomic E-state index is 11.7. The van der Waals surface area contributed by atoms with Gasteiger partial charge in [-0.05, 0) is 32.9 Å². The molecule has 0 spiro atoms. The molecule has 0 aliphatic carbocycles. The SMILES string of the molecule is CC(C)(C)OC(=O)COc1ccccc1OCC(=O)OCCC(=O)CN.Cl. The highest BCUT2D eigenvalue weighted by molar-refractivity contribution is 5.85. The molecule has 2 N–H and O–H groups in total. The Hall–Kier alpha value is -2.32. The first kappa shape index (κ1) is 24.7. The summed E-state index contributed by atoms with van der Waals surface area (Å²) in [5, 5.41) is 0. The number of ketones is 1. The van der Waals surface area contributed by atoms with E-state index in [-0.39, 0.29) is 56.7 Å². The fourth-order valence-corrected chi connectivity index (χ4v) is 1.76. The third-order valence-corrected chi connectivity index (χ3v) is 2.83. The maximum absolute atomic E-state index is 11.7. The van der Waals surface area contributed by atoms with Gasteiger partial charge in [-0.25, -0.2) is 9.59 Å². The van der Waals surface area contributed by atoms with Crippen LogP contribution in [0, 0.1) is 0 Å². The van der Waals surface area contributed by atoms with E-state index in [1.165, 1.54) is 0 Å². The lowest BCUT2D eigenvalue weighted by molar-refractivity contribution is -0.157. The molecule has 152 valence electrons. The van der Waals surface area contributed by atoms with Crippen molar-refractivity contribution < 1.29 is 33.3 Å². The van der Waals surface area contributed by atoms with E-state index in [1.54, 1.807) is 45.0 Å². The fraction of sp³-hybridized carbons (Fsp3) is 0.500. The van der Waals surface area contributed by atoms with E-state index in [4.69, 9.17) is 24.7 Å². The highest BCUT2D eigenvalue weighted by atomic mass is 35.5. The zero-order chi connectivity index (χ0) is 19.6. The van der Waals surface area contributed by atoms with Crippen molar-refractivity contribution in [3.8, 4) is 11.5 Å². The summed E-state index contributed by atoms with van der Waals surface area (Å²) in [6.45, 7) is 4.50. The summed E-state index contributed by atoms with van der Waals surface area (Å²) in [5.41, 5.74) is 4.56. The van der Waals surface area contributed by atoms with Gasteiger partial charge in [0, 0.05) is 6.42 Å². The van der Waals surface area contributed by atoms with Gasteiger partial charge in [0.25, 0.3) is 0 Å². The number of halogens is 1. The van der Waals surface area contributed by atoms with Gasteiger partial charge >= 0.3 is 11.9 Å². The van der Waals surface area contributed by atoms with Crippen LogP contribution in [0.3, 0.4) is 0 Å². The first-order valence-electron chi connectivity index (χ1n) is 8.15. The zero-order valence-corrected chi connectivity index (χ0v) is 16.5. The molecule has 0 fully saturated rings. The van der Waals surface area contributed by atoms with Crippen molar-refractivity contribution in [3.63, 3.8) is 0 Å². The fourth-order valence-electron chi connectivity index (χ4n) is 1.76. The number of esters is 2. The van der Waals surface area contributed by atoms with E-state index >= 15 is 0 Å². The minimum Gasteiger partial charge on any atom is -0.478 e. The second-order valence-corrected chi connectivity index (χ2v) is 6.32. The Morgan fingerprint density at radius 1 is 0.963 bits per heavy atom. The summed E-state index contributed by atoms with van der Waals surface area (Å²) >= 11 is 0. The number of rotatable bonds is 10. The molecular weight excluding hydrogens is 378 g/mol. The van der Waals surface area contributed by atoms with Crippen LogP contribution in [0.1, 0.15) is 27.2 Å². The molecule has 1 aromatic carbocycles. The van der Waals surface area contributed by atoms with Crippen molar-refractivity contribution in [3.05, 3.63) is 24.3 Å². The summed E-state index contributed by atoms with van der Waals surface area (Å²) in [6, 6.07) is 6.59. The second kappa shape index (κ2) is 12.1. The zero-order valence-electron chi connectivity index (χ0n) is 15.7. The van der Waals surface area contributed by atoms with Crippen LogP contribution in [-0.2, 0) is 23.9 Å². The molecule has 0 radical (unpaired) electrons. The van der Waals surface area contributed by atoms with E-state index < -0.39 is 17.5 Å². The number of benzene rings is 1. The molecule has 27 heavy (non-hydrogen) atoms. The molecule has 0 unspecified atom stereocenters. The number of carbonyl (C=O) groups excluding carboxylic acids is 3. The van der Waals surface area contributed by atoms with Crippen molar-refractivity contribution in [1.29, 1.82) is 0 Å². The van der Waals surface area contributed by atoms with Crippen molar-refractivity contribution in [2.24, 2.45) is 5.73 Å². The smallest absolute Gasteiger partial charge is 0.344 e. The lowest BCUT2D eigenvalue weighted by Crippen LogP contribution is -2.27. The molecule has 9 heteroatoms. The molecule has 0 aromatic heterocycles. The number of carbonyl (C=O) groups is 3. The summed E-state index contributed by atoms with van der Waals surface area (Å²) in [4.78, 5) is 34.4. The van der Waals surface area contributed by atoms with E-state index in [9.17, 15) is 14.4 Å². The first-order chi connectivity index (χ1) is 12.2. The van der Waals surface area contributed by atoms with Crippen LogP contribution < -0.4 is 15.2 Å². The van der Waals surface area contributed by atoms with Crippen LogP contribution in [-0.4, -0.2) is 49.7 Å². The predicted molar refractivity (Wildman–Crippen MR) is 100 cm³/mol. The number of para-hydroxylation sites is 2. The third kappa shape index (κ3) is 11.1. The molecule has 0 aliphatic heterocycles. The van der Waals surface area contributed by atoms with Gasteiger partial charge in [-0.15, -0.1) is 12.4 Å². The van der Waals surface area contributed by atoms with Crippen LogP contribution in [0.5, 0.6) is 11.5 Å². The van der Waals surface area contributed by atoms with E-state index in [2.05, 4.69) is 0 Å². The summed E-state index contributed by atoms with van der Waals surface area (Å²) < 4.78 is 20.8. The third-order valence-electron chi connectivity index (χ3n) is 2.83. The first-order valence-corrected chi connectivity index (χ1v) is 8.15. The minimum absolute atomic E-state index is 0. The topological polar surface area (TPSA) is 114 Å².